The lowest BCUT2D eigenvalue weighted by Gasteiger charge is -2.31. The zero-order chi connectivity index (χ0) is 12.4. The highest BCUT2D eigenvalue weighted by Gasteiger charge is 2.23. The van der Waals surface area contributed by atoms with Crippen LogP contribution in [0, 0.1) is 0 Å². The summed E-state index contributed by atoms with van der Waals surface area (Å²) in [7, 11) is 1.76. The molecule has 0 unspecified atom stereocenters. The van der Waals surface area contributed by atoms with E-state index < -0.39 is 5.97 Å². The largest absolute Gasteiger partial charge is 0.475 e. The molecule has 1 aromatic heterocycles. The maximum Gasteiger partial charge on any atom is 0.372 e. The predicted molar refractivity (Wildman–Crippen MR) is 58.6 cm³/mol. The van der Waals surface area contributed by atoms with Gasteiger partial charge in [-0.15, -0.1) is 0 Å². The second-order valence-electron chi connectivity index (χ2n) is 4.11. The highest BCUT2D eigenvalue weighted by Crippen LogP contribution is 2.14. The van der Waals surface area contributed by atoms with Crippen molar-refractivity contribution in [2.75, 3.05) is 26.7 Å². The first-order chi connectivity index (χ1) is 8.08. The molecule has 1 amide bonds. The number of furan rings is 1. The van der Waals surface area contributed by atoms with E-state index in [0.29, 0.717) is 25.2 Å². The van der Waals surface area contributed by atoms with E-state index in [1.807, 2.05) is 4.90 Å². The minimum atomic E-state index is -1.08. The summed E-state index contributed by atoms with van der Waals surface area (Å²) in [6.07, 6.45) is 1.36. The van der Waals surface area contributed by atoms with Gasteiger partial charge in [-0.05, 0) is 6.07 Å². The van der Waals surface area contributed by atoms with E-state index in [1.54, 1.807) is 18.0 Å². The Morgan fingerprint density at radius 2 is 2.29 bits per heavy atom. The number of carbonyl (C=O) groups excluding carboxylic acids is 1. The summed E-state index contributed by atoms with van der Waals surface area (Å²) >= 11 is 0. The topological polar surface area (TPSA) is 74.0 Å². The molecule has 0 saturated carbocycles. The standard InChI is InChI=1S/C11H14N2O4/c1-12-3-4-13(7-9(12)14)6-8-2-5-17-10(8)11(15)16/h2,5H,3-4,6-7H2,1H3,(H,15,16). The van der Waals surface area contributed by atoms with Gasteiger partial charge in [0.1, 0.15) is 0 Å². The predicted octanol–water partition coefficient (Wildman–Crippen LogP) is 0.252. The fraction of sp³-hybridized carbons (Fsp3) is 0.455. The molecule has 2 rings (SSSR count). The molecule has 1 aromatic rings. The van der Waals surface area contributed by atoms with Crippen LogP contribution in [0.4, 0.5) is 0 Å². The Bertz CT molecular complexity index is 440. The molecular formula is C11H14N2O4. The zero-order valence-corrected chi connectivity index (χ0v) is 9.55. The minimum absolute atomic E-state index is 0.0450. The Hall–Kier alpha value is -1.82. The van der Waals surface area contributed by atoms with Crippen LogP contribution in [-0.4, -0.2) is 53.5 Å². The molecule has 1 N–H and O–H groups in total. The van der Waals surface area contributed by atoms with Gasteiger partial charge < -0.3 is 14.4 Å². The van der Waals surface area contributed by atoms with Crippen molar-refractivity contribution < 1.29 is 19.1 Å². The number of carboxylic acids is 1. The number of hydrogen-bond donors (Lipinski definition) is 1. The van der Waals surface area contributed by atoms with Crippen LogP contribution in [0.25, 0.3) is 0 Å². The lowest BCUT2D eigenvalue weighted by molar-refractivity contribution is -0.134. The fourth-order valence-electron chi connectivity index (χ4n) is 1.83. The van der Waals surface area contributed by atoms with Crippen LogP contribution in [0.1, 0.15) is 16.1 Å². The fourth-order valence-corrected chi connectivity index (χ4v) is 1.83. The molecule has 1 saturated heterocycles. The van der Waals surface area contributed by atoms with Crippen molar-refractivity contribution in [3.63, 3.8) is 0 Å². The van der Waals surface area contributed by atoms with Crippen molar-refractivity contribution >= 4 is 11.9 Å². The molecule has 0 bridgehead atoms. The number of rotatable bonds is 3. The second-order valence-corrected chi connectivity index (χ2v) is 4.11. The lowest BCUT2D eigenvalue weighted by atomic mass is 10.2. The van der Waals surface area contributed by atoms with Gasteiger partial charge in [-0.3, -0.25) is 9.69 Å². The van der Waals surface area contributed by atoms with E-state index in [0.717, 1.165) is 6.54 Å². The molecule has 6 heteroatoms. The lowest BCUT2D eigenvalue weighted by Crippen LogP contribution is -2.48. The average Bonchev–Trinajstić information content (AvgIpc) is 2.72. The maximum absolute atomic E-state index is 11.5. The Kier molecular flexibility index (Phi) is 3.14. The van der Waals surface area contributed by atoms with Crippen molar-refractivity contribution in [3.8, 4) is 0 Å². The van der Waals surface area contributed by atoms with Crippen LogP contribution < -0.4 is 0 Å². The molecule has 0 aromatic carbocycles. The average molecular weight is 238 g/mol. The number of hydrogen-bond acceptors (Lipinski definition) is 4. The van der Waals surface area contributed by atoms with Gasteiger partial charge in [-0.2, -0.15) is 0 Å². The number of nitrogens with zero attached hydrogens (tertiary/aromatic N) is 2. The molecule has 1 aliphatic heterocycles. The van der Waals surface area contributed by atoms with Gasteiger partial charge >= 0.3 is 5.97 Å². The first-order valence-electron chi connectivity index (χ1n) is 5.34. The SMILES string of the molecule is CN1CCN(Cc2ccoc2C(=O)O)CC1=O. The monoisotopic (exact) mass is 238 g/mol. The number of carbonyl (C=O) groups is 2. The first kappa shape index (κ1) is 11.7. The number of carboxylic acid groups (broad SMARTS) is 1. The summed E-state index contributed by atoms with van der Waals surface area (Å²) in [6.45, 7) is 2.16. The number of likely N-dealkylation sites (N-methyl/N-ethyl adjacent to an activating group) is 1. The molecule has 0 aliphatic carbocycles. The van der Waals surface area contributed by atoms with Crippen molar-refractivity contribution in [1.29, 1.82) is 0 Å². The smallest absolute Gasteiger partial charge is 0.372 e. The van der Waals surface area contributed by atoms with Crippen molar-refractivity contribution in [2.45, 2.75) is 6.54 Å². The van der Waals surface area contributed by atoms with Gasteiger partial charge in [0.15, 0.2) is 0 Å². The summed E-state index contributed by atoms with van der Waals surface area (Å²) in [5.41, 5.74) is 0.606. The Labute approximate surface area is 98.4 Å². The second kappa shape index (κ2) is 4.58. The molecule has 92 valence electrons. The number of aromatic carboxylic acids is 1. The Morgan fingerprint density at radius 3 is 2.94 bits per heavy atom. The third-order valence-corrected chi connectivity index (χ3v) is 2.87. The molecule has 0 spiro atoms. The first-order valence-corrected chi connectivity index (χ1v) is 5.34. The van der Waals surface area contributed by atoms with Gasteiger partial charge in [0.25, 0.3) is 0 Å². The van der Waals surface area contributed by atoms with Crippen LogP contribution in [-0.2, 0) is 11.3 Å². The van der Waals surface area contributed by atoms with Gasteiger partial charge in [0.2, 0.25) is 11.7 Å². The summed E-state index contributed by atoms with van der Waals surface area (Å²) in [4.78, 5) is 25.9. The highest BCUT2D eigenvalue weighted by atomic mass is 16.4. The minimum Gasteiger partial charge on any atom is -0.475 e. The van der Waals surface area contributed by atoms with Crippen LogP contribution in [0.2, 0.25) is 0 Å². The van der Waals surface area contributed by atoms with E-state index in [2.05, 4.69) is 0 Å². The van der Waals surface area contributed by atoms with E-state index in [9.17, 15) is 9.59 Å². The van der Waals surface area contributed by atoms with Crippen LogP contribution in [0.5, 0.6) is 0 Å². The van der Waals surface area contributed by atoms with Crippen LogP contribution in [0.3, 0.4) is 0 Å². The van der Waals surface area contributed by atoms with Gasteiger partial charge in [0, 0.05) is 32.2 Å². The van der Waals surface area contributed by atoms with Crippen LogP contribution in [0.15, 0.2) is 16.7 Å². The Morgan fingerprint density at radius 1 is 1.53 bits per heavy atom. The molecule has 0 atom stereocenters. The van der Waals surface area contributed by atoms with Crippen molar-refractivity contribution in [2.24, 2.45) is 0 Å². The summed E-state index contributed by atoms with van der Waals surface area (Å²) in [5, 5.41) is 8.89. The number of amides is 1. The highest BCUT2D eigenvalue weighted by molar-refractivity contribution is 5.86. The molecular weight excluding hydrogens is 224 g/mol. The van der Waals surface area contributed by atoms with E-state index in [4.69, 9.17) is 9.52 Å². The zero-order valence-electron chi connectivity index (χ0n) is 9.55. The van der Waals surface area contributed by atoms with E-state index >= 15 is 0 Å². The molecule has 17 heavy (non-hydrogen) atoms. The Balaban J connectivity index is 2.04. The third-order valence-electron chi connectivity index (χ3n) is 2.87. The summed E-state index contributed by atoms with van der Waals surface area (Å²) in [6, 6.07) is 1.63. The van der Waals surface area contributed by atoms with Gasteiger partial charge in [-0.1, -0.05) is 0 Å². The summed E-state index contributed by atoms with van der Waals surface area (Å²) < 4.78 is 4.89. The van der Waals surface area contributed by atoms with Crippen molar-refractivity contribution in [3.05, 3.63) is 23.7 Å². The van der Waals surface area contributed by atoms with Gasteiger partial charge in [0.05, 0.1) is 12.8 Å². The molecule has 6 nitrogen and oxygen atoms in total. The quantitative estimate of drug-likeness (QED) is 0.817. The van der Waals surface area contributed by atoms with Crippen molar-refractivity contribution in [1.82, 2.24) is 9.80 Å². The maximum atomic E-state index is 11.5. The molecule has 2 heterocycles. The summed E-state index contributed by atoms with van der Waals surface area (Å²) in [5.74, 6) is -1.07. The van der Waals surface area contributed by atoms with E-state index in [-0.39, 0.29) is 11.7 Å². The third kappa shape index (κ3) is 2.47. The van der Waals surface area contributed by atoms with E-state index in [1.165, 1.54) is 6.26 Å². The van der Waals surface area contributed by atoms with Gasteiger partial charge in [-0.25, -0.2) is 4.79 Å². The normalized spacial score (nSPS) is 17.5. The molecule has 0 radical (unpaired) electrons. The molecule has 1 fully saturated rings. The number of piperazine rings is 1. The molecule has 1 aliphatic rings. The van der Waals surface area contributed by atoms with Crippen LogP contribution >= 0.6 is 0 Å².